The Morgan fingerprint density at radius 3 is 2.42 bits per heavy atom. The molecule has 0 saturated heterocycles. The number of anilines is 1. The van der Waals surface area contributed by atoms with Gasteiger partial charge in [0.05, 0.1) is 0 Å². The fourth-order valence-corrected chi connectivity index (χ4v) is 1.99. The Labute approximate surface area is 107 Å². The number of hydrogen-bond donors (Lipinski definition) is 1. The summed E-state index contributed by atoms with van der Waals surface area (Å²) in [6.07, 6.45) is 0. The lowest BCUT2D eigenvalue weighted by Crippen LogP contribution is -2.06. The first-order valence-electron chi connectivity index (χ1n) is 5.64. The predicted octanol–water partition coefficient (Wildman–Crippen LogP) is 2.59. The lowest BCUT2D eigenvalue weighted by Gasteiger charge is -2.08. The molecule has 6 heteroatoms. The van der Waals surface area contributed by atoms with E-state index in [0.29, 0.717) is 16.9 Å². The molecular weight excluding hydrogens is 250 g/mol. The van der Waals surface area contributed by atoms with E-state index < -0.39 is 11.6 Å². The Hall–Kier alpha value is -2.50. The topological polar surface area (TPSA) is 56.7 Å². The molecule has 0 aliphatic rings. The first kappa shape index (κ1) is 11.6. The van der Waals surface area contributed by atoms with Crippen LogP contribution in [0, 0.1) is 18.6 Å². The number of pyridine rings is 1. The van der Waals surface area contributed by atoms with Crippen molar-refractivity contribution in [2.45, 2.75) is 6.92 Å². The number of fused-ring (bicyclic) bond motifs is 1. The third-order valence-electron chi connectivity index (χ3n) is 2.83. The van der Waals surface area contributed by atoms with Crippen LogP contribution in [0.3, 0.4) is 0 Å². The molecule has 3 rings (SSSR count). The highest BCUT2D eigenvalue weighted by molar-refractivity contribution is 5.77. The number of aryl methyl sites for hydroxylation is 1. The Morgan fingerprint density at radius 2 is 1.74 bits per heavy atom. The number of imidazole rings is 1. The van der Waals surface area contributed by atoms with Crippen molar-refractivity contribution in [2.24, 2.45) is 0 Å². The Bertz CT molecular complexity index is 759. The van der Waals surface area contributed by atoms with Crippen LogP contribution in [-0.4, -0.2) is 14.5 Å². The molecule has 0 bridgehead atoms. The fourth-order valence-electron chi connectivity index (χ4n) is 1.99. The molecule has 0 aliphatic heterocycles. The average Bonchev–Trinajstić information content (AvgIpc) is 2.66. The van der Waals surface area contributed by atoms with E-state index in [9.17, 15) is 8.78 Å². The summed E-state index contributed by atoms with van der Waals surface area (Å²) in [7, 11) is 0. The summed E-state index contributed by atoms with van der Waals surface area (Å²) in [5.41, 5.74) is 7.03. The molecular formula is C13H10F2N4. The predicted molar refractivity (Wildman–Crippen MR) is 67.9 cm³/mol. The van der Waals surface area contributed by atoms with Gasteiger partial charge in [0.1, 0.15) is 22.8 Å². The summed E-state index contributed by atoms with van der Waals surface area (Å²) in [6.45, 7) is 1.78. The normalized spacial score (nSPS) is 11.1. The van der Waals surface area contributed by atoms with Crippen molar-refractivity contribution in [3.05, 3.63) is 47.7 Å². The molecule has 4 nitrogen and oxygen atoms in total. The minimum atomic E-state index is -0.714. The van der Waals surface area contributed by atoms with Crippen molar-refractivity contribution < 1.29 is 8.78 Å². The number of rotatable bonds is 1. The van der Waals surface area contributed by atoms with Crippen LogP contribution in [0.25, 0.3) is 16.9 Å². The maximum absolute atomic E-state index is 13.9. The van der Waals surface area contributed by atoms with E-state index in [-0.39, 0.29) is 11.6 Å². The van der Waals surface area contributed by atoms with Crippen molar-refractivity contribution >= 4 is 17.1 Å². The molecule has 0 saturated carbocycles. The van der Waals surface area contributed by atoms with Crippen LogP contribution in [0.4, 0.5) is 14.7 Å². The zero-order chi connectivity index (χ0) is 13.6. The van der Waals surface area contributed by atoms with Crippen LogP contribution in [0.1, 0.15) is 5.69 Å². The van der Waals surface area contributed by atoms with Gasteiger partial charge < -0.3 is 5.73 Å². The molecule has 1 aromatic carbocycles. The minimum Gasteiger partial charge on any atom is -0.369 e. The Morgan fingerprint density at radius 1 is 1.05 bits per heavy atom. The third kappa shape index (κ3) is 1.72. The summed E-state index contributed by atoms with van der Waals surface area (Å²) in [4.78, 5) is 8.30. The van der Waals surface area contributed by atoms with Gasteiger partial charge in [-0.05, 0) is 31.2 Å². The van der Waals surface area contributed by atoms with Crippen LogP contribution < -0.4 is 5.73 Å². The summed E-state index contributed by atoms with van der Waals surface area (Å²) in [5.74, 6) is -1.43. The van der Waals surface area contributed by atoms with Gasteiger partial charge in [-0.3, -0.25) is 4.57 Å². The number of hydrogen-bond acceptors (Lipinski definition) is 3. The Kier molecular flexibility index (Phi) is 2.45. The fraction of sp³-hybridized carbons (Fsp3) is 0.0769. The highest BCUT2D eigenvalue weighted by Crippen LogP contribution is 2.25. The van der Waals surface area contributed by atoms with Crippen LogP contribution in [0.15, 0.2) is 30.3 Å². The molecule has 96 valence electrons. The quantitative estimate of drug-likeness (QED) is 0.731. The number of nitrogen functional groups attached to an aromatic ring is 1. The molecule has 0 spiro atoms. The van der Waals surface area contributed by atoms with E-state index in [0.717, 1.165) is 0 Å². The SMILES string of the molecule is Cc1ccc2nc(N)n(-c3c(F)cccc3F)c2n1. The number of benzene rings is 1. The highest BCUT2D eigenvalue weighted by Gasteiger charge is 2.18. The van der Waals surface area contributed by atoms with Crippen LogP contribution in [-0.2, 0) is 0 Å². The molecule has 0 aliphatic carbocycles. The van der Waals surface area contributed by atoms with Crippen LogP contribution in [0.2, 0.25) is 0 Å². The van der Waals surface area contributed by atoms with Gasteiger partial charge in [0.25, 0.3) is 0 Å². The molecule has 3 aromatic rings. The number of nitrogens with two attached hydrogens (primary N) is 1. The molecule has 0 amide bonds. The van der Waals surface area contributed by atoms with Gasteiger partial charge in [-0.15, -0.1) is 0 Å². The zero-order valence-corrected chi connectivity index (χ0v) is 10.1. The number of nitrogens with zero attached hydrogens (tertiary/aromatic N) is 3. The lowest BCUT2D eigenvalue weighted by atomic mass is 10.3. The van der Waals surface area contributed by atoms with E-state index in [1.807, 2.05) is 0 Å². The molecule has 0 unspecified atom stereocenters. The number of halogens is 2. The summed E-state index contributed by atoms with van der Waals surface area (Å²) in [6, 6.07) is 7.10. The van der Waals surface area contributed by atoms with E-state index in [4.69, 9.17) is 5.73 Å². The van der Waals surface area contributed by atoms with Crippen molar-refractivity contribution in [3.63, 3.8) is 0 Å². The summed E-state index contributed by atoms with van der Waals surface area (Å²) in [5, 5.41) is 0. The number of para-hydroxylation sites is 1. The van der Waals surface area contributed by atoms with Crippen LogP contribution in [0.5, 0.6) is 0 Å². The molecule has 0 atom stereocenters. The van der Waals surface area contributed by atoms with Gasteiger partial charge in [-0.2, -0.15) is 0 Å². The number of aromatic nitrogens is 3. The maximum atomic E-state index is 13.9. The van der Waals surface area contributed by atoms with Crippen molar-refractivity contribution in [1.29, 1.82) is 0 Å². The third-order valence-corrected chi connectivity index (χ3v) is 2.83. The first-order valence-corrected chi connectivity index (χ1v) is 5.64. The zero-order valence-electron chi connectivity index (χ0n) is 10.1. The van der Waals surface area contributed by atoms with E-state index in [1.165, 1.54) is 22.8 Å². The average molecular weight is 260 g/mol. The lowest BCUT2D eigenvalue weighted by molar-refractivity contribution is 0.571. The first-order chi connectivity index (χ1) is 9.08. The van der Waals surface area contributed by atoms with Gasteiger partial charge in [0, 0.05) is 5.69 Å². The molecule has 2 aromatic heterocycles. The van der Waals surface area contributed by atoms with Crippen molar-refractivity contribution in [3.8, 4) is 5.69 Å². The molecule has 0 radical (unpaired) electrons. The molecule has 2 heterocycles. The van der Waals surface area contributed by atoms with E-state index in [2.05, 4.69) is 9.97 Å². The van der Waals surface area contributed by atoms with E-state index >= 15 is 0 Å². The monoisotopic (exact) mass is 260 g/mol. The highest BCUT2D eigenvalue weighted by atomic mass is 19.1. The van der Waals surface area contributed by atoms with Crippen molar-refractivity contribution in [1.82, 2.24) is 14.5 Å². The molecule has 2 N–H and O–H groups in total. The summed E-state index contributed by atoms with van der Waals surface area (Å²) < 4.78 is 28.9. The van der Waals surface area contributed by atoms with Gasteiger partial charge in [-0.25, -0.2) is 18.7 Å². The second-order valence-corrected chi connectivity index (χ2v) is 4.17. The van der Waals surface area contributed by atoms with Gasteiger partial charge in [-0.1, -0.05) is 6.07 Å². The van der Waals surface area contributed by atoms with Crippen LogP contribution >= 0.6 is 0 Å². The van der Waals surface area contributed by atoms with E-state index in [1.54, 1.807) is 19.1 Å². The molecule has 19 heavy (non-hydrogen) atoms. The smallest absolute Gasteiger partial charge is 0.207 e. The Balaban J connectivity index is 2.42. The maximum Gasteiger partial charge on any atom is 0.207 e. The van der Waals surface area contributed by atoms with Crippen molar-refractivity contribution in [2.75, 3.05) is 5.73 Å². The largest absolute Gasteiger partial charge is 0.369 e. The summed E-state index contributed by atoms with van der Waals surface area (Å²) >= 11 is 0. The standard InChI is InChI=1S/C13H10F2N4/c1-7-5-6-10-12(17-7)19(13(16)18-10)11-8(14)3-2-4-9(11)15/h2-6H,1H3,(H2,16,18). The second-order valence-electron chi connectivity index (χ2n) is 4.17. The second kappa shape index (κ2) is 4.01. The minimum absolute atomic E-state index is 0.00269. The van der Waals surface area contributed by atoms with Gasteiger partial charge in [0.15, 0.2) is 5.65 Å². The van der Waals surface area contributed by atoms with Gasteiger partial charge in [0.2, 0.25) is 5.95 Å². The van der Waals surface area contributed by atoms with Gasteiger partial charge >= 0.3 is 0 Å². The molecule has 0 fully saturated rings.